The van der Waals surface area contributed by atoms with Gasteiger partial charge < -0.3 is 15.1 Å². The number of carbonyl (C=O) groups excluding carboxylic acids is 1. The minimum atomic E-state index is -4.83. The third-order valence-electron chi connectivity index (χ3n) is 4.17. The van der Waals surface area contributed by atoms with E-state index in [1.54, 1.807) is 0 Å². The monoisotopic (exact) mass is 422 g/mol. The number of H-pyrrole nitrogens is 1. The topological polar surface area (TPSA) is 97.2 Å². The van der Waals surface area contributed by atoms with Crippen LogP contribution < -0.4 is 15.6 Å². The van der Waals surface area contributed by atoms with Crippen molar-refractivity contribution >= 4 is 17.1 Å². The van der Waals surface area contributed by atoms with E-state index in [0.717, 1.165) is 12.8 Å². The molecule has 1 amide bonds. The number of rotatable bonds is 9. The van der Waals surface area contributed by atoms with Gasteiger partial charge in [-0.05, 0) is 25.0 Å². The number of carbonyl (C=O) groups is 1. The Morgan fingerprint density at radius 1 is 1.13 bits per heavy atom. The fourth-order valence-corrected chi connectivity index (χ4v) is 2.70. The Hall–Kier alpha value is -3.37. The first kappa shape index (κ1) is 21.3. The van der Waals surface area contributed by atoms with E-state index in [-0.39, 0.29) is 6.54 Å². The number of benzene rings is 1. The summed E-state index contributed by atoms with van der Waals surface area (Å²) in [5, 5.41) is 1.86. The summed E-state index contributed by atoms with van der Waals surface area (Å²) in [4.78, 5) is 32.5. The molecule has 0 aliphatic heterocycles. The molecule has 0 saturated carbocycles. The van der Waals surface area contributed by atoms with Crippen LogP contribution in [0, 0.1) is 0 Å². The largest absolute Gasteiger partial charge is 0.471 e. The van der Waals surface area contributed by atoms with Gasteiger partial charge in [-0.2, -0.15) is 13.2 Å². The fourth-order valence-electron chi connectivity index (χ4n) is 2.70. The van der Waals surface area contributed by atoms with E-state index in [9.17, 15) is 18.0 Å². The number of fused-ring (bicyclic) bond motifs is 1. The molecule has 2 heterocycles. The molecule has 0 atom stereocenters. The number of hydrogen-bond donors (Lipinski definition) is 2. The summed E-state index contributed by atoms with van der Waals surface area (Å²) < 4.78 is 37.6. The van der Waals surface area contributed by atoms with Crippen molar-refractivity contribution in [1.29, 1.82) is 0 Å². The summed E-state index contributed by atoms with van der Waals surface area (Å²) in [6.45, 7) is 0.519. The van der Waals surface area contributed by atoms with Crippen LogP contribution in [0.15, 0.2) is 48.0 Å². The van der Waals surface area contributed by atoms with Crippen molar-refractivity contribution in [2.45, 2.75) is 31.9 Å². The number of unbranched alkanes of at least 4 members (excludes halogenated alkanes) is 3. The maximum absolute atomic E-state index is 12.1. The molecule has 8 nitrogen and oxygen atoms in total. The van der Waals surface area contributed by atoms with Crippen LogP contribution >= 0.6 is 0 Å². The van der Waals surface area contributed by atoms with Crippen LogP contribution in [-0.2, 0) is 4.79 Å². The normalized spacial score (nSPS) is 12.3. The Kier molecular flexibility index (Phi) is 7.04. The average Bonchev–Trinajstić information content (AvgIpc) is 3.22. The Morgan fingerprint density at radius 2 is 1.90 bits per heavy atom. The fraction of sp³-hybridized carbons (Fsp3) is 0.368. The zero-order valence-corrected chi connectivity index (χ0v) is 16.0. The van der Waals surface area contributed by atoms with Gasteiger partial charge >= 0.3 is 12.1 Å². The van der Waals surface area contributed by atoms with E-state index in [1.807, 2.05) is 35.6 Å². The lowest BCUT2D eigenvalue weighted by Crippen LogP contribution is -2.37. The van der Waals surface area contributed by atoms with Crippen molar-refractivity contribution in [3.63, 3.8) is 0 Å². The van der Waals surface area contributed by atoms with Gasteiger partial charge in [0.05, 0.1) is 6.33 Å². The second kappa shape index (κ2) is 9.90. The maximum Gasteiger partial charge on any atom is 0.471 e. The first-order valence-corrected chi connectivity index (χ1v) is 9.45. The predicted molar refractivity (Wildman–Crippen MR) is 102 cm³/mol. The molecule has 0 unspecified atom stereocenters. The van der Waals surface area contributed by atoms with Crippen molar-refractivity contribution in [2.75, 3.05) is 13.1 Å². The number of halogens is 3. The van der Waals surface area contributed by atoms with Gasteiger partial charge in [0.25, 0.3) is 0 Å². The number of alkyl halides is 3. The van der Waals surface area contributed by atoms with Crippen molar-refractivity contribution in [1.82, 2.24) is 25.0 Å². The standard InChI is InChI=1S/C19H21F3N6O2/c20-19(21,22)18(29)24-11-7-2-1-6-10-23-16-15-17(26-12-25-15)28(13-27-16)30-14-8-4-3-5-9-14/h3-5,8-9,12-13H,1-2,6-7,10-11H2,(H,24,29)(H,25,26). The van der Waals surface area contributed by atoms with Crippen molar-refractivity contribution in [3.05, 3.63) is 48.5 Å². The lowest BCUT2D eigenvalue weighted by atomic mass is 10.2. The molecule has 3 rings (SSSR count). The number of nitrogens with one attached hydrogen (secondary N) is 2. The molecule has 3 aromatic rings. The number of para-hydroxylation sites is 1. The van der Waals surface area contributed by atoms with Crippen LogP contribution in [-0.4, -0.2) is 44.9 Å². The number of hydrogen-bond acceptors (Lipinski definition) is 5. The van der Waals surface area contributed by atoms with E-state index in [2.05, 4.69) is 19.9 Å². The predicted octanol–water partition coefficient (Wildman–Crippen LogP) is 2.74. The van der Waals surface area contributed by atoms with Gasteiger partial charge in [-0.15, -0.1) is 4.73 Å². The van der Waals surface area contributed by atoms with Crippen LogP contribution in [0.25, 0.3) is 11.2 Å². The minimum absolute atomic E-state index is 0.00586. The summed E-state index contributed by atoms with van der Waals surface area (Å²) >= 11 is 0. The summed E-state index contributed by atoms with van der Waals surface area (Å²) in [6, 6.07) is 9.25. The molecule has 160 valence electrons. The molecule has 0 bridgehead atoms. The van der Waals surface area contributed by atoms with Crippen LogP contribution in [0.4, 0.5) is 13.2 Å². The molecule has 30 heavy (non-hydrogen) atoms. The number of nitrogens with zero attached hydrogens (tertiary/aromatic N) is 4. The lowest BCUT2D eigenvalue weighted by Gasteiger charge is -2.08. The van der Waals surface area contributed by atoms with Crippen LogP contribution in [0.3, 0.4) is 0 Å². The molecule has 0 aliphatic carbocycles. The minimum Gasteiger partial charge on any atom is -0.372 e. The number of aromatic nitrogens is 4. The molecule has 0 spiro atoms. The highest BCUT2D eigenvalue weighted by Gasteiger charge is 2.38. The number of amides is 1. The first-order chi connectivity index (χ1) is 14.4. The summed E-state index contributed by atoms with van der Waals surface area (Å²) in [5.74, 6) is -1.26. The average molecular weight is 422 g/mol. The highest BCUT2D eigenvalue weighted by Crippen LogP contribution is 2.14. The highest BCUT2D eigenvalue weighted by atomic mass is 19.4. The zero-order valence-electron chi connectivity index (χ0n) is 16.0. The smallest absolute Gasteiger partial charge is 0.372 e. The van der Waals surface area contributed by atoms with E-state index >= 15 is 0 Å². The Morgan fingerprint density at radius 3 is 2.67 bits per heavy atom. The zero-order chi connectivity index (χ0) is 21.4. The molecular formula is C19H21F3N6O2. The van der Waals surface area contributed by atoms with Gasteiger partial charge in [0, 0.05) is 13.1 Å². The third-order valence-corrected chi connectivity index (χ3v) is 4.17. The molecule has 0 fully saturated rings. The Labute approximate surface area is 169 Å². The van der Waals surface area contributed by atoms with Crippen LogP contribution in [0.1, 0.15) is 25.7 Å². The van der Waals surface area contributed by atoms with Gasteiger partial charge in [-0.3, -0.25) is 9.79 Å². The second-order valence-corrected chi connectivity index (χ2v) is 6.45. The molecule has 2 aromatic heterocycles. The quantitative estimate of drug-likeness (QED) is 0.518. The van der Waals surface area contributed by atoms with E-state index in [0.29, 0.717) is 41.8 Å². The summed E-state index contributed by atoms with van der Waals surface area (Å²) in [7, 11) is 0. The molecule has 0 radical (unpaired) electrons. The SMILES string of the molecule is O=C(NCCCCCCN=c1ncn(Oc2ccccc2)c2nc[nH]c12)C(F)(F)F. The van der Waals surface area contributed by atoms with Crippen LogP contribution in [0.5, 0.6) is 5.75 Å². The third kappa shape index (κ3) is 5.82. The summed E-state index contributed by atoms with van der Waals surface area (Å²) in [6.07, 6.45) is 0.905. The van der Waals surface area contributed by atoms with Gasteiger partial charge in [0.15, 0.2) is 16.9 Å². The van der Waals surface area contributed by atoms with Gasteiger partial charge in [0.2, 0.25) is 0 Å². The molecule has 2 N–H and O–H groups in total. The van der Waals surface area contributed by atoms with E-state index < -0.39 is 12.1 Å². The van der Waals surface area contributed by atoms with Gasteiger partial charge in [0.1, 0.15) is 11.8 Å². The first-order valence-electron chi connectivity index (χ1n) is 9.45. The molecular weight excluding hydrogens is 401 g/mol. The van der Waals surface area contributed by atoms with Crippen molar-refractivity contribution in [2.24, 2.45) is 4.99 Å². The lowest BCUT2D eigenvalue weighted by molar-refractivity contribution is -0.173. The van der Waals surface area contributed by atoms with Gasteiger partial charge in [-0.25, -0.2) is 9.97 Å². The molecule has 0 saturated heterocycles. The highest BCUT2D eigenvalue weighted by molar-refractivity contribution is 5.81. The Bertz CT molecular complexity index is 1030. The number of imidazole rings is 1. The summed E-state index contributed by atoms with van der Waals surface area (Å²) in [5.41, 5.74) is 1.70. The van der Waals surface area contributed by atoms with Crippen molar-refractivity contribution < 1.29 is 22.8 Å². The molecule has 11 heteroatoms. The second-order valence-electron chi connectivity index (χ2n) is 6.45. The van der Waals surface area contributed by atoms with E-state index in [1.165, 1.54) is 17.4 Å². The maximum atomic E-state index is 12.1. The van der Waals surface area contributed by atoms with E-state index in [4.69, 9.17) is 4.84 Å². The van der Waals surface area contributed by atoms with Crippen molar-refractivity contribution in [3.8, 4) is 5.75 Å². The number of aromatic amines is 1. The molecule has 1 aromatic carbocycles. The van der Waals surface area contributed by atoms with Gasteiger partial charge in [-0.1, -0.05) is 31.0 Å². The molecule has 0 aliphatic rings. The van der Waals surface area contributed by atoms with Crippen LogP contribution in [0.2, 0.25) is 0 Å². The Balaban J connectivity index is 1.48.